The van der Waals surface area contributed by atoms with Gasteiger partial charge in [0.25, 0.3) is 5.88 Å². The number of nitrogen functional groups attached to an aromatic ring is 1. The molecule has 0 spiro atoms. The van der Waals surface area contributed by atoms with E-state index in [1.54, 1.807) is 35.3 Å². The van der Waals surface area contributed by atoms with E-state index in [1.807, 2.05) is 6.07 Å². The fraction of sp³-hybridized carbons (Fsp3) is 0. The first-order chi connectivity index (χ1) is 8.74. The van der Waals surface area contributed by atoms with E-state index in [-0.39, 0.29) is 0 Å². The molecule has 2 aromatic heterocycles. The first-order valence-corrected chi connectivity index (χ1v) is 5.90. The monoisotopic (exact) mass is 305 g/mol. The maximum atomic E-state index is 5.72. The van der Waals surface area contributed by atoms with Crippen molar-refractivity contribution in [3.8, 4) is 11.6 Å². The second-order valence-electron chi connectivity index (χ2n) is 3.59. The predicted molar refractivity (Wildman–Crippen MR) is 69.4 cm³/mol. The van der Waals surface area contributed by atoms with E-state index < -0.39 is 0 Å². The largest absolute Gasteiger partial charge is 0.435 e. The van der Waals surface area contributed by atoms with Crippen LogP contribution in [0.4, 0.5) is 5.69 Å². The van der Waals surface area contributed by atoms with Gasteiger partial charge in [-0.2, -0.15) is 0 Å². The number of halogens is 1. The molecule has 0 aliphatic rings. The van der Waals surface area contributed by atoms with Gasteiger partial charge < -0.3 is 10.5 Å². The number of ether oxygens (including phenoxy) is 1. The van der Waals surface area contributed by atoms with E-state index in [0.717, 1.165) is 4.47 Å². The average molecular weight is 306 g/mol. The van der Waals surface area contributed by atoms with Crippen molar-refractivity contribution in [1.82, 2.24) is 19.6 Å². The number of fused-ring (bicyclic) bond motifs is 1. The average Bonchev–Trinajstić information content (AvgIpc) is 2.83. The Hall–Kier alpha value is -2.15. The summed E-state index contributed by atoms with van der Waals surface area (Å²) in [6.07, 6.45) is 4.95. The Labute approximate surface area is 111 Å². The van der Waals surface area contributed by atoms with Crippen molar-refractivity contribution >= 4 is 27.3 Å². The van der Waals surface area contributed by atoms with E-state index in [2.05, 4.69) is 31.1 Å². The molecule has 0 radical (unpaired) electrons. The van der Waals surface area contributed by atoms with Crippen LogP contribution in [-0.4, -0.2) is 19.6 Å². The summed E-state index contributed by atoms with van der Waals surface area (Å²) in [4.78, 5) is 4.14. The highest BCUT2D eigenvalue weighted by Gasteiger charge is 2.09. The fourth-order valence-electron chi connectivity index (χ4n) is 1.51. The van der Waals surface area contributed by atoms with Crippen LogP contribution in [0.1, 0.15) is 0 Å². The number of hydrogen-bond acceptors (Lipinski definition) is 5. The molecule has 1 aromatic carbocycles. The summed E-state index contributed by atoms with van der Waals surface area (Å²) >= 11 is 3.39. The van der Waals surface area contributed by atoms with Crippen LogP contribution in [0.25, 0.3) is 5.65 Å². The molecule has 0 aliphatic heterocycles. The van der Waals surface area contributed by atoms with Crippen molar-refractivity contribution in [1.29, 1.82) is 0 Å². The Morgan fingerprint density at radius 2 is 2.22 bits per heavy atom. The predicted octanol–water partition coefficient (Wildman–Crippen LogP) is 2.26. The third kappa shape index (κ3) is 1.88. The lowest BCUT2D eigenvalue weighted by molar-refractivity contribution is 0.462. The normalized spacial score (nSPS) is 10.7. The van der Waals surface area contributed by atoms with Gasteiger partial charge in [-0.3, -0.25) is 4.40 Å². The maximum absolute atomic E-state index is 5.72. The number of rotatable bonds is 2. The third-order valence-corrected chi connectivity index (χ3v) is 3.00. The fourth-order valence-corrected chi connectivity index (χ4v) is 1.84. The highest BCUT2D eigenvalue weighted by Crippen LogP contribution is 2.31. The molecule has 2 heterocycles. The Kier molecular flexibility index (Phi) is 2.60. The Morgan fingerprint density at radius 3 is 3.11 bits per heavy atom. The first kappa shape index (κ1) is 11.0. The molecule has 0 saturated heterocycles. The summed E-state index contributed by atoms with van der Waals surface area (Å²) in [6.45, 7) is 0. The van der Waals surface area contributed by atoms with Crippen LogP contribution in [0.3, 0.4) is 0 Å². The van der Waals surface area contributed by atoms with E-state index in [9.17, 15) is 0 Å². The topological polar surface area (TPSA) is 78.3 Å². The van der Waals surface area contributed by atoms with Crippen molar-refractivity contribution in [2.75, 3.05) is 5.73 Å². The number of aromatic nitrogens is 4. The van der Waals surface area contributed by atoms with Gasteiger partial charge in [0.2, 0.25) is 5.65 Å². The molecule has 0 amide bonds. The van der Waals surface area contributed by atoms with E-state index in [0.29, 0.717) is 23.0 Å². The molecule has 0 saturated carbocycles. The van der Waals surface area contributed by atoms with Gasteiger partial charge in [-0.15, -0.1) is 10.2 Å². The molecule has 0 bridgehead atoms. The van der Waals surface area contributed by atoms with Gasteiger partial charge in [0.1, 0.15) is 12.1 Å². The van der Waals surface area contributed by atoms with Crippen LogP contribution >= 0.6 is 15.9 Å². The maximum Gasteiger partial charge on any atom is 0.265 e. The Bertz CT molecular complexity index is 711. The molecular formula is C11H8BrN5O. The van der Waals surface area contributed by atoms with E-state index in [4.69, 9.17) is 10.5 Å². The Morgan fingerprint density at radius 1 is 1.33 bits per heavy atom. The number of nitrogens with zero attached hydrogens (tertiary/aromatic N) is 4. The number of nitrogens with two attached hydrogens (primary N) is 1. The zero-order valence-electron chi connectivity index (χ0n) is 9.12. The minimum Gasteiger partial charge on any atom is -0.435 e. The number of benzene rings is 1. The lowest BCUT2D eigenvalue weighted by atomic mass is 10.3. The van der Waals surface area contributed by atoms with Crippen LogP contribution in [-0.2, 0) is 0 Å². The zero-order chi connectivity index (χ0) is 12.5. The SMILES string of the molecule is Nc1ccc(Br)c(Oc2nccn3cnnc23)c1. The summed E-state index contributed by atoms with van der Waals surface area (Å²) < 4.78 is 8.22. The molecule has 0 atom stereocenters. The summed E-state index contributed by atoms with van der Waals surface area (Å²) in [5.41, 5.74) is 6.88. The molecule has 7 heteroatoms. The highest BCUT2D eigenvalue weighted by atomic mass is 79.9. The van der Waals surface area contributed by atoms with Gasteiger partial charge in [0, 0.05) is 24.1 Å². The van der Waals surface area contributed by atoms with Gasteiger partial charge in [-0.1, -0.05) is 0 Å². The van der Waals surface area contributed by atoms with Gasteiger partial charge in [0.05, 0.1) is 4.47 Å². The lowest BCUT2D eigenvalue weighted by Crippen LogP contribution is -1.94. The summed E-state index contributed by atoms with van der Waals surface area (Å²) in [5.74, 6) is 0.958. The van der Waals surface area contributed by atoms with Gasteiger partial charge in [0.15, 0.2) is 0 Å². The van der Waals surface area contributed by atoms with Gasteiger partial charge >= 0.3 is 0 Å². The van der Waals surface area contributed by atoms with Crippen LogP contribution < -0.4 is 10.5 Å². The summed E-state index contributed by atoms with van der Waals surface area (Å²) in [5, 5.41) is 7.75. The van der Waals surface area contributed by atoms with Crippen LogP contribution in [0.5, 0.6) is 11.6 Å². The molecule has 2 N–H and O–H groups in total. The van der Waals surface area contributed by atoms with Crippen LogP contribution in [0.2, 0.25) is 0 Å². The molecule has 18 heavy (non-hydrogen) atoms. The molecule has 0 unspecified atom stereocenters. The van der Waals surface area contributed by atoms with E-state index in [1.165, 1.54) is 0 Å². The quantitative estimate of drug-likeness (QED) is 0.735. The van der Waals surface area contributed by atoms with Gasteiger partial charge in [-0.05, 0) is 28.1 Å². The van der Waals surface area contributed by atoms with Crippen molar-refractivity contribution < 1.29 is 4.74 Å². The molecule has 3 rings (SSSR count). The van der Waals surface area contributed by atoms with Crippen molar-refractivity contribution in [3.63, 3.8) is 0 Å². The minimum absolute atomic E-state index is 0.376. The minimum atomic E-state index is 0.376. The van der Waals surface area contributed by atoms with Crippen molar-refractivity contribution in [2.45, 2.75) is 0 Å². The van der Waals surface area contributed by atoms with E-state index >= 15 is 0 Å². The summed E-state index contributed by atoms with van der Waals surface area (Å²) in [7, 11) is 0. The van der Waals surface area contributed by atoms with Crippen molar-refractivity contribution in [3.05, 3.63) is 41.4 Å². The van der Waals surface area contributed by atoms with Crippen LogP contribution in [0.15, 0.2) is 41.4 Å². The second-order valence-corrected chi connectivity index (χ2v) is 4.44. The number of anilines is 1. The van der Waals surface area contributed by atoms with Crippen molar-refractivity contribution in [2.24, 2.45) is 0 Å². The lowest BCUT2D eigenvalue weighted by Gasteiger charge is -2.07. The molecule has 90 valence electrons. The smallest absolute Gasteiger partial charge is 0.265 e. The standard InChI is InChI=1S/C11H8BrN5O/c12-8-2-1-7(13)5-9(8)18-11-10-16-15-6-17(10)4-3-14-11/h1-6H,13H2. The molecule has 6 nitrogen and oxygen atoms in total. The molecular weight excluding hydrogens is 298 g/mol. The third-order valence-electron chi connectivity index (χ3n) is 2.35. The second kappa shape index (κ2) is 4.26. The summed E-state index contributed by atoms with van der Waals surface area (Å²) in [6, 6.07) is 5.31. The van der Waals surface area contributed by atoms with Gasteiger partial charge in [-0.25, -0.2) is 4.98 Å². The molecule has 0 fully saturated rings. The number of hydrogen-bond donors (Lipinski definition) is 1. The zero-order valence-corrected chi connectivity index (χ0v) is 10.7. The first-order valence-electron chi connectivity index (χ1n) is 5.11. The van der Waals surface area contributed by atoms with Crippen LogP contribution in [0, 0.1) is 0 Å². The molecule has 3 aromatic rings. The molecule has 0 aliphatic carbocycles. The highest BCUT2D eigenvalue weighted by molar-refractivity contribution is 9.10. The Balaban J connectivity index is 2.06.